The van der Waals surface area contributed by atoms with E-state index in [1.54, 1.807) is 4.57 Å². The van der Waals surface area contributed by atoms with Crippen LogP contribution in [0.4, 0.5) is 8.78 Å². The van der Waals surface area contributed by atoms with Crippen LogP contribution >= 0.6 is 0 Å². The van der Waals surface area contributed by atoms with Crippen molar-refractivity contribution in [3.8, 4) is 11.4 Å². The van der Waals surface area contributed by atoms with E-state index in [1.165, 1.54) is 18.2 Å². The van der Waals surface area contributed by atoms with Gasteiger partial charge in [-0.25, -0.2) is 8.78 Å². The molecule has 1 aliphatic rings. The number of benzene rings is 1. The molecule has 19 heavy (non-hydrogen) atoms. The smallest absolute Gasteiger partial charge is 0.170 e. The average molecular weight is 264 g/mol. The first kappa shape index (κ1) is 12.2. The maximum absolute atomic E-state index is 13.8. The number of fused-ring (bicyclic) bond motifs is 1. The summed E-state index contributed by atoms with van der Waals surface area (Å²) in [4.78, 5) is 0. The first-order valence-corrected chi connectivity index (χ1v) is 6.33. The molecule has 3 rings (SSSR count). The van der Waals surface area contributed by atoms with Crippen LogP contribution in [0.5, 0.6) is 0 Å². The van der Waals surface area contributed by atoms with Crippen LogP contribution < -0.4 is 5.32 Å². The number of rotatable bonds is 2. The van der Waals surface area contributed by atoms with E-state index in [-0.39, 0.29) is 17.4 Å². The molecule has 0 fully saturated rings. The molecule has 1 aliphatic heterocycles. The maximum atomic E-state index is 13.8. The summed E-state index contributed by atoms with van der Waals surface area (Å²) in [6.45, 7) is 3.39. The second-order valence-electron chi connectivity index (χ2n) is 4.55. The van der Waals surface area contributed by atoms with Gasteiger partial charge >= 0.3 is 0 Å². The zero-order chi connectivity index (χ0) is 13.4. The Kier molecular flexibility index (Phi) is 3.02. The molecule has 0 saturated carbocycles. The lowest BCUT2D eigenvalue weighted by Crippen LogP contribution is -2.33. The van der Waals surface area contributed by atoms with Crippen molar-refractivity contribution < 1.29 is 8.78 Å². The maximum Gasteiger partial charge on any atom is 0.170 e. The summed E-state index contributed by atoms with van der Waals surface area (Å²) < 4.78 is 29.4. The Labute approximate surface area is 109 Å². The minimum atomic E-state index is -0.609. The molecule has 1 aromatic heterocycles. The number of aromatic nitrogens is 3. The van der Waals surface area contributed by atoms with Gasteiger partial charge in [-0.15, -0.1) is 10.2 Å². The third-order valence-corrected chi connectivity index (χ3v) is 3.41. The fraction of sp³-hybridized carbons (Fsp3) is 0.385. The van der Waals surface area contributed by atoms with E-state index in [9.17, 15) is 8.78 Å². The van der Waals surface area contributed by atoms with Crippen molar-refractivity contribution in [3.63, 3.8) is 0 Å². The zero-order valence-corrected chi connectivity index (χ0v) is 10.5. The molecular weight excluding hydrogens is 250 g/mol. The van der Waals surface area contributed by atoms with Crippen LogP contribution in [0.3, 0.4) is 0 Å². The normalized spacial score (nSPS) is 18.4. The molecular formula is C13H14F2N4. The summed E-state index contributed by atoms with van der Waals surface area (Å²) in [7, 11) is 0. The summed E-state index contributed by atoms with van der Waals surface area (Å²) in [6, 6.07) is 3.90. The van der Waals surface area contributed by atoms with Crippen molar-refractivity contribution in [2.75, 3.05) is 6.54 Å². The third kappa shape index (κ3) is 1.92. The molecule has 1 unspecified atom stereocenters. The first-order chi connectivity index (χ1) is 9.22. The summed E-state index contributed by atoms with van der Waals surface area (Å²) in [6.07, 6.45) is 0.859. The quantitative estimate of drug-likeness (QED) is 0.905. The molecule has 4 nitrogen and oxygen atoms in total. The highest BCUT2D eigenvalue weighted by Gasteiger charge is 2.26. The largest absolute Gasteiger partial charge is 0.308 e. The summed E-state index contributed by atoms with van der Waals surface area (Å²) >= 11 is 0. The van der Waals surface area contributed by atoms with Gasteiger partial charge in [0, 0.05) is 13.1 Å². The first-order valence-electron chi connectivity index (χ1n) is 6.33. The molecule has 0 bridgehead atoms. The Morgan fingerprint density at radius 2 is 2.05 bits per heavy atom. The average Bonchev–Trinajstić information content (AvgIpc) is 2.82. The van der Waals surface area contributed by atoms with Crippen LogP contribution in [-0.4, -0.2) is 21.3 Å². The molecule has 1 atom stereocenters. The molecule has 6 heteroatoms. The van der Waals surface area contributed by atoms with E-state index >= 15 is 0 Å². The van der Waals surface area contributed by atoms with Crippen molar-refractivity contribution in [1.82, 2.24) is 20.1 Å². The lowest BCUT2D eigenvalue weighted by molar-refractivity contribution is 0.406. The molecule has 0 aliphatic carbocycles. The van der Waals surface area contributed by atoms with Gasteiger partial charge in [0.15, 0.2) is 11.6 Å². The van der Waals surface area contributed by atoms with Crippen molar-refractivity contribution >= 4 is 0 Å². The van der Waals surface area contributed by atoms with Crippen LogP contribution in [0.25, 0.3) is 11.4 Å². The van der Waals surface area contributed by atoms with Crippen LogP contribution in [0.15, 0.2) is 18.2 Å². The summed E-state index contributed by atoms with van der Waals surface area (Å²) in [5, 5.41) is 11.4. The molecule has 0 spiro atoms. The molecule has 0 radical (unpaired) electrons. The van der Waals surface area contributed by atoms with Crippen molar-refractivity contribution in [2.45, 2.75) is 25.9 Å². The van der Waals surface area contributed by atoms with Gasteiger partial charge in [0.25, 0.3) is 0 Å². The highest BCUT2D eigenvalue weighted by atomic mass is 19.1. The van der Waals surface area contributed by atoms with Crippen molar-refractivity contribution in [3.05, 3.63) is 35.7 Å². The van der Waals surface area contributed by atoms with E-state index in [1.807, 2.05) is 6.92 Å². The van der Waals surface area contributed by atoms with Crippen molar-refractivity contribution in [1.29, 1.82) is 0 Å². The molecule has 0 saturated heterocycles. The molecule has 2 heterocycles. The topological polar surface area (TPSA) is 42.7 Å². The minimum absolute atomic E-state index is 0.0878. The van der Waals surface area contributed by atoms with E-state index in [0.29, 0.717) is 6.54 Å². The molecule has 1 aromatic carbocycles. The summed E-state index contributed by atoms with van der Waals surface area (Å²) in [5.41, 5.74) is -0.0991. The molecule has 0 amide bonds. The number of hydrogen-bond donors (Lipinski definition) is 1. The Hall–Kier alpha value is -1.82. The van der Waals surface area contributed by atoms with Crippen LogP contribution in [0.1, 0.15) is 25.2 Å². The van der Waals surface area contributed by atoms with E-state index in [0.717, 1.165) is 18.8 Å². The number of hydrogen-bond acceptors (Lipinski definition) is 3. The fourth-order valence-electron chi connectivity index (χ4n) is 2.46. The van der Waals surface area contributed by atoms with Gasteiger partial charge < -0.3 is 9.88 Å². The van der Waals surface area contributed by atoms with E-state index < -0.39 is 11.6 Å². The molecule has 1 N–H and O–H groups in total. The lowest BCUT2D eigenvalue weighted by atomic mass is 10.1. The number of halogens is 2. The monoisotopic (exact) mass is 264 g/mol. The van der Waals surface area contributed by atoms with Gasteiger partial charge in [0.05, 0.1) is 11.6 Å². The Balaban J connectivity index is 2.15. The van der Waals surface area contributed by atoms with Gasteiger partial charge in [-0.05, 0) is 18.6 Å². The lowest BCUT2D eigenvalue weighted by Gasteiger charge is -2.24. The number of nitrogens with zero attached hydrogens (tertiary/aromatic N) is 3. The second-order valence-corrected chi connectivity index (χ2v) is 4.55. The predicted octanol–water partition coefficient (Wildman–Crippen LogP) is 2.28. The van der Waals surface area contributed by atoms with Crippen LogP contribution in [-0.2, 0) is 6.54 Å². The standard InChI is InChI=1S/C13H14F2N4/c1-2-10-12-17-18-13(19(12)7-6-16-10)11-8(14)4-3-5-9(11)15/h3-5,10,16H,2,6-7H2,1H3. The van der Waals surface area contributed by atoms with E-state index in [4.69, 9.17) is 0 Å². The van der Waals surface area contributed by atoms with Gasteiger partial charge in [-0.1, -0.05) is 13.0 Å². The third-order valence-electron chi connectivity index (χ3n) is 3.41. The van der Waals surface area contributed by atoms with Crippen molar-refractivity contribution in [2.24, 2.45) is 0 Å². The highest BCUT2D eigenvalue weighted by molar-refractivity contribution is 5.57. The number of nitrogens with one attached hydrogen (secondary N) is 1. The van der Waals surface area contributed by atoms with Crippen LogP contribution in [0, 0.1) is 11.6 Å². The van der Waals surface area contributed by atoms with Gasteiger partial charge in [0.1, 0.15) is 11.6 Å². The molecule has 2 aromatic rings. The van der Waals surface area contributed by atoms with Crippen LogP contribution in [0.2, 0.25) is 0 Å². The Morgan fingerprint density at radius 1 is 1.32 bits per heavy atom. The Morgan fingerprint density at radius 3 is 2.74 bits per heavy atom. The van der Waals surface area contributed by atoms with E-state index in [2.05, 4.69) is 15.5 Å². The van der Waals surface area contributed by atoms with Gasteiger partial charge in [0.2, 0.25) is 0 Å². The Bertz CT molecular complexity index is 588. The predicted molar refractivity (Wildman–Crippen MR) is 66.4 cm³/mol. The highest BCUT2D eigenvalue weighted by Crippen LogP contribution is 2.28. The zero-order valence-electron chi connectivity index (χ0n) is 10.5. The SMILES string of the molecule is CCC1NCCn2c(-c3c(F)cccc3F)nnc21. The fourth-order valence-corrected chi connectivity index (χ4v) is 2.46. The molecule has 100 valence electrons. The summed E-state index contributed by atoms with van der Waals surface area (Å²) in [5.74, 6) is -0.208. The minimum Gasteiger partial charge on any atom is -0.308 e. The van der Waals surface area contributed by atoms with Gasteiger partial charge in [-0.3, -0.25) is 0 Å². The second kappa shape index (κ2) is 4.70. The van der Waals surface area contributed by atoms with Gasteiger partial charge in [-0.2, -0.15) is 0 Å².